The van der Waals surface area contributed by atoms with Gasteiger partial charge in [-0.25, -0.2) is 16.3 Å². The standard InChI is InChI=1S/C45H58N10O3/c1-3-51-54(32-45(58)49-26-24-46)31-38-13-8-36(9-14-38)11-16-40-28-39(15-10-35-6-4-34(2)5-7-35)29-41(30-40)17-12-37-18-20-42(21-19-37)55(27-23-43(56)50-33-47)52-25-22-44(57)53-48/h4-21,28-30,51-52H,3,22-27,31-33,46-48H2,1-2H3,(H,49,58)(H,50,56)(H,53,57)/b15-10+,16-11+,17-12+. The van der Waals surface area contributed by atoms with Crippen molar-refractivity contribution in [1.29, 1.82) is 0 Å². The number of nitrogens with two attached hydrogens (primary N) is 3. The Morgan fingerprint density at radius 1 is 0.621 bits per heavy atom. The fraction of sp³-hybridized carbons (Fsp3) is 0.267. The Bertz CT molecular complexity index is 1980. The zero-order valence-corrected chi connectivity index (χ0v) is 33.5. The molecule has 0 bridgehead atoms. The maximum atomic E-state index is 12.3. The van der Waals surface area contributed by atoms with Gasteiger partial charge < -0.3 is 27.1 Å². The molecule has 4 rings (SSSR count). The zero-order valence-electron chi connectivity index (χ0n) is 33.5. The molecule has 0 aliphatic heterocycles. The van der Waals surface area contributed by atoms with Gasteiger partial charge in [0.25, 0.3) is 0 Å². The van der Waals surface area contributed by atoms with Gasteiger partial charge in [0.1, 0.15) is 0 Å². The molecule has 3 amide bonds. The van der Waals surface area contributed by atoms with Gasteiger partial charge in [-0.2, -0.15) is 0 Å². The Labute approximate surface area is 342 Å². The second kappa shape index (κ2) is 24.6. The van der Waals surface area contributed by atoms with Crippen LogP contribution < -0.4 is 49.2 Å². The van der Waals surface area contributed by atoms with Gasteiger partial charge in [0.15, 0.2) is 0 Å². The van der Waals surface area contributed by atoms with E-state index in [0.29, 0.717) is 39.3 Å². The van der Waals surface area contributed by atoms with E-state index >= 15 is 0 Å². The third-order valence-electron chi connectivity index (χ3n) is 8.90. The van der Waals surface area contributed by atoms with Gasteiger partial charge >= 0.3 is 0 Å². The number of benzene rings is 4. The predicted octanol–water partition coefficient (Wildman–Crippen LogP) is 4.02. The van der Waals surface area contributed by atoms with E-state index < -0.39 is 0 Å². The average molecular weight is 787 g/mol. The van der Waals surface area contributed by atoms with Gasteiger partial charge in [0.05, 0.1) is 18.9 Å². The lowest BCUT2D eigenvalue weighted by atomic mass is 10.0. The van der Waals surface area contributed by atoms with Crippen molar-refractivity contribution in [3.05, 3.63) is 136 Å². The molecule has 306 valence electrons. The smallest absolute Gasteiger partial charge is 0.235 e. The number of carbonyl (C=O) groups is 3. The van der Waals surface area contributed by atoms with Crippen LogP contribution >= 0.6 is 0 Å². The summed E-state index contributed by atoms with van der Waals surface area (Å²) < 4.78 is 0. The van der Waals surface area contributed by atoms with Crippen molar-refractivity contribution < 1.29 is 14.4 Å². The van der Waals surface area contributed by atoms with E-state index in [1.54, 1.807) is 0 Å². The summed E-state index contributed by atoms with van der Waals surface area (Å²) in [4.78, 5) is 36.1. The molecule has 0 saturated carbocycles. The van der Waals surface area contributed by atoms with E-state index in [2.05, 4.69) is 137 Å². The summed E-state index contributed by atoms with van der Waals surface area (Å²) in [5, 5.41) is 9.18. The molecule has 58 heavy (non-hydrogen) atoms. The number of amides is 3. The summed E-state index contributed by atoms with van der Waals surface area (Å²) in [7, 11) is 0. The summed E-state index contributed by atoms with van der Waals surface area (Å²) in [6, 6.07) is 31.2. The first-order valence-electron chi connectivity index (χ1n) is 19.6. The van der Waals surface area contributed by atoms with E-state index in [0.717, 1.165) is 44.6 Å². The normalized spacial score (nSPS) is 11.5. The maximum absolute atomic E-state index is 12.3. The molecule has 0 saturated heterocycles. The molecule has 4 aromatic rings. The number of hydrogen-bond acceptors (Lipinski definition) is 10. The highest BCUT2D eigenvalue weighted by Crippen LogP contribution is 2.21. The monoisotopic (exact) mass is 786 g/mol. The first kappa shape index (κ1) is 44.8. The van der Waals surface area contributed by atoms with Crippen molar-refractivity contribution in [2.24, 2.45) is 17.3 Å². The lowest BCUT2D eigenvalue weighted by Gasteiger charge is -2.25. The van der Waals surface area contributed by atoms with E-state index in [4.69, 9.17) is 17.3 Å². The van der Waals surface area contributed by atoms with E-state index in [9.17, 15) is 14.4 Å². The Balaban J connectivity index is 1.52. The van der Waals surface area contributed by atoms with Gasteiger partial charge in [-0.1, -0.05) is 110 Å². The molecule has 0 aliphatic rings. The molecule has 0 atom stereocenters. The Morgan fingerprint density at radius 3 is 1.67 bits per heavy atom. The molecule has 11 N–H and O–H groups in total. The number of aryl methyl sites for hydroxylation is 1. The van der Waals surface area contributed by atoms with Gasteiger partial charge in [0.2, 0.25) is 17.7 Å². The largest absolute Gasteiger partial charge is 0.354 e. The number of nitrogens with zero attached hydrogens (tertiary/aromatic N) is 2. The summed E-state index contributed by atoms with van der Waals surface area (Å²) in [6.45, 7) is 7.26. The van der Waals surface area contributed by atoms with Crippen LogP contribution in [0.1, 0.15) is 64.3 Å². The predicted molar refractivity (Wildman–Crippen MR) is 238 cm³/mol. The van der Waals surface area contributed by atoms with E-state index in [-0.39, 0.29) is 43.8 Å². The number of hydrazine groups is 3. The van der Waals surface area contributed by atoms with Crippen LogP contribution in [0.5, 0.6) is 0 Å². The maximum Gasteiger partial charge on any atom is 0.235 e. The molecule has 0 heterocycles. The van der Waals surface area contributed by atoms with Crippen LogP contribution in [0.3, 0.4) is 0 Å². The van der Waals surface area contributed by atoms with Crippen LogP contribution in [0, 0.1) is 6.92 Å². The van der Waals surface area contributed by atoms with Crippen LogP contribution in [0.25, 0.3) is 36.5 Å². The lowest BCUT2D eigenvalue weighted by Crippen LogP contribution is -2.45. The molecular weight excluding hydrogens is 729 g/mol. The van der Waals surface area contributed by atoms with E-state index in [1.807, 2.05) is 41.2 Å². The number of anilines is 1. The minimum Gasteiger partial charge on any atom is -0.354 e. The molecule has 0 fully saturated rings. The number of nitrogens with one attached hydrogen (secondary N) is 5. The highest BCUT2D eigenvalue weighted by atomic mass is 16.2. The van der Waals surface area contributed by atoms with Crippen molar-refractivity contribution in [2.75, 3.05) is 50.9 Å². The third kappa shape index (κ3) is 16.3. The highest BCUT2D eigenvalue weighted by Gasteiger charge is 2.12. The summed E-state index contributed by atoms with van der Waals surface area (Å²) in [6.07, 6.45) is 13.0. The van der Waals surface area contributed by atoms with Crippen LogP contribution in [-0.2, 0) is 20.9 Å². The fourth-order valence-electron chi connectivity index (χ4n) is 5.89. The minimum atomic E-state index is -0.289. The molecule has 0 unspecified atom stereocenters. The summed E-state index contributed by atoms with van der Waals surface area (Å²) in [5.41, 5.74) is 29.1. The highest BCUT2D eigenvalue weighted by molar-refractivity contribution is 5.80. The SMILES string of the molecule is CCNN(CC(=O)NCCN)Cc1ccc(/C=C/c2cc(/C=C/c3ccc(C)cc3)cc(/C=C/c3ccc(N(CCC(=O)NCN)NCCC(=O)NN)cc3)c2)cc1. The summed E-state index contributed by atoms with van der Waals surface area (Å²) >= 11 is 0. The van der Waals surface area contributed by atoms with Gasteiger partial charge in [-0.3, -0.25) is 25.2 Å². The molecule has 13 heteroatoms. The van der Waals surface area contributed by atoms with Crippen LogP contribution in [0.2, 0.25) is 0 Å². The number of rotatable bonds is 23. The molecule has 0 aliphatic carbocycles. The third-order valence-corrected chi connectivity index (χ3v) is 8.90. The second-order valence-electron chi connectivity index (χ2n) is 13.6. The van der Waals surface area contributed by atoms with Crippen molar-refractivity contribution >= 4 is 59.9 Å². The number of carbonyl (C=O) groups excluding carboxylic acids is 3. The Kier molecular flexibility index (Phi) is 19.0. The Hall–Kier alpha value is -5.93. The summed E-state index contributed by atoms with van der Waals surface area (Å²) in [5.74, 6) is 4.71. The lowest BCUT2D eigenvalue weighted by molar-refractivity contribution is -0.123. The first-order valence-corrected chi connectivity index (χ1v) is 19.6. The van der Waals surface area contributed by atoms with Crippen molar-refractivity contribution in [1.82, 2.24) is 31.9 Å². The molecule has 4 aromatic carbocycles. The quantitative estimate of drug-likeness (QED) is 0.0179. The first-order chi connectivity index (χ1) is 28.2. The van der Waals surface area contributed by atoms with Gasteiger partial charge in [-0.05, 0) is 76.2 Å². The average Bonchev–Trinajstić information content (AvgIpc) is 3.23. The van der Waals surface area contributed by atoms with Crippen LogP contribution in [0.15, 0.2) is 91.0 Å². The number of hydrogen-bond donors (Lipinski definition) is 8. The molecule has 0 aromatic heterocycles. The second-order valence-corrected chi connectivity index (χ2v) is 13.6. The molecule has 0 radical (unpaired) electrons. The van der Waals surface area contributed by atoms with Crippen LogP contribution in [-0.4, -0.2) is 68.7 Å². The fourth-order valence-corrected chi connectivity index (χ4v) is 5.89. The van der Waals surface area contributed by atoms with Crippen molar-refractivity contribution in [2.45, 2.75) is 33.2 Å². The Morgan fingerprint density at radius 2 is 1.16 bits per heavy atom. The van der Waals surface area contributed by atoms with Crippen molar-refractivity contribution in [3.8, 4) is 0 Å². The van der Waals surface area contributed by atoms with Crippen LogP contribution in [0.4, 0.5) is 5.69 Å². The molecule has 0 spiro atoms. The van der Waals surface area contributed by atoms with Crippen molar-refractivity contribution in [3.63, 3.8) is 0 Å². The van der Waals surface area contributed by atoms with E-state index in [1.165, 1.54) is 5.56 Å². The minimum absolute atomic E-state index is 0.0685. The zero-order chi connectivity index (χ0) is 41.5. The molecular formula is C45H58N10O3. The van der Waals surface area contributed by atoms with Gasteiger partial charge in [-0.15, -0.1) is 0 Å². The topological polar surface area (TPSA) is 196 Å². The van der Waals surface area contributed by atoms with Gasteiger partial charge in [0, 0.05) is 52.1 Å². The molecule has 13 nitrogen and oxygen atoms in total.